The number of carbonyl (C=O) groups is 1. The minimum atomic E-state index is -0.458. The fourth-order valence-electron chi connectivity index (χ4n) is 1.74. The number of rotatable bonds is 7. The number of nitrogens with two attached hydrogens (primary N) is 1. The molecule has 0 aliphatic rings. The van der Waals surface area contributed by atoms with Crippen LogP contribution in [0, 0.1) is 5.92 Å². The Bertz CT molecular complexity index is 421. The minimum absolute atomic E-state index is 0.283. The highest BCUT2D eigenvalue weighted by atomic mass is 16.5. The lowest BCUT2D eigenvalue weighted by atomic mass is 10.1. The summed E-state index contributed by atoms with van der Waals surface area (Å²) in [5.41, 5.74) is 6.34. The van der Waals surface area contributed by atoms with Gasteiger partial charge in [-0.25, -0.2) is 9.78 Å². The molecule has 0 amide bonds. The molecular weight excluding hydrogens is 244 g/mol. The zero-order valence-electron chi connectivity index (χ0n) is 11.8. The Morgan fingerprint density at radius 2 is 2.21 bits per heavy atom. The summed E-state index contributed by atoms with van der Waals surface area (Å²) in [6.07, 6.45) is 3.65. The van der Waals surface area contributed by atoms with Crippen LogP contribution in [-0.4, -0.2) is 24.2 Å². The lowest BCUT2D eigenvalue weighted by Gasteiger charge is -2.13. The minimum Gasteiger partial charge on any atom is -0.477 e. The van der Waals surface area contributed by atoms with Crippen molar-refractivity contribution in [3.8, 4) is 5.88 Å². The van der Waals surface area contributed by atoms with Crippen molar-refractivity contribution < 1.29 is 14.3 Å². The fraction of sp³-hybridized carbons (Fsp3) is 0.571. The molecule has 0 fully saturated rings. The van der Waals surface area contributed by atoms with Crippen LogP contribution < -0.4 is 10.5 Å². The number of aromatic nitrogens is 1. The average molecular weight is 266 g/mol. The molecule has 19 heavy (non-hydrogen) atoms. The van der Waals surface area contributed by atoms with E-state index < -0.39 is 5.97 Å². The molecule has 0 bridgehead atoms. The van der Waals surface area contributed by atoms with E-state index in [4.69, 9.17) is 15.2 Å². The van der Waals surface area contributed by atoms with Crippen molar-refractivity contribution >= 4 is 11.7 Å². The summed E-state index contributed by atoms with van der Waals surface area (Å²) in [4.78, 5) is 15.9. The molecule has 0 saturated carbocycles. The van der Waals surface area contributed by atoms with Gasteiger partial charge in [0.1, 0.15) is 5.56 Å². The van der Waals surface area contributed by atoms with Crippen LogP contribution >= 0.6 is 0 Å². The van der Waals surface area contributed by atoms with Gasteiger partial charge in [0.05, 0.1) is 25.1 Å². The highest BCUT2D eigenvalue weighted by molar-refractivity contribution is 5.92. The van der Waals surface area contributed by atoms with Gasteiger partial charge >= 0.3 is 5.97 Å². The van der Waals surface area contributed by atoms with Crippen molar-refractivity contribution in [3.63, 3.8) is 0 Å². The van der Waals surface area contributed by atoms with Crippen molar-refractivity contribution in [3.05, 3.63) is 17.8 Å². The highest BCUT2D eigenvalue weighted by Gasteiger charge is 2.16. The Morgan fingerprint density at radius 1 is 1.47 bits per heavy atom. The molecule has 0 aromatic carbocycles. The van der Waals surface area contributed by atoms with E-state index in [0.29, 0.717) is 24.8 Å². The second kappa shape index (κ2) is 7.61. The number of hydrogen-bond acceptors (Lipinski definition) is 5. The zero-order valence-corrected chi connectivity index (χ0v) is 11.8. The molecule has 1 atom stereocenters. The third kappa shape index (κ3) is 4.77. The van der Waals surface area contributed by atoms with Gasteiger partial charge in [0.2, 0.25) is 5.88 Å². The summed E-state index contributed by atoms with van der Waals surface area (Å²) >= 11 is 0. The van der Waals surface area contributed by atoms with E-state index in [1.165, 1.54) is 12.3 Å². The largest absolute Gasteiger partial charge is 0.477 e. The van der Waals surface area contributed by atoms with Crippen LogP contribution in [0.5, 0.6) is 5.88 Å². The topological polar surface area (TPSA) is 74.4 Å². The Balaban J connectivity index is 2.79. The molecule has 106 valence electrons. The van der Waals surface area contributed by atoms with Crippen LogP contribution in [0.1, 0.15) is 44.0 Å². The van der Waals surface area contributed by atoms with E-state index >= 15 is 0 Å². The number of carbonyl (C=O) groups excluding carboxylic acids is 1. The Hall–Kier alpha value is -1.78. The van der Waals surface area contributed by atoms with E-state index in [9.17, 15) is 4.79 Å². The van der Waals surface area contributed by atoms with Crippen molar-refractivity contribution in [1.29, 1.82) is 0 Å². The van der Waals surface area contributed by atoms with Gasteiger partial charge in [0.15, 0.2) is 0 Å². The van der Waals surface area contributed by atoms with Gasteiger partial charge in [0, 0.05) is 0 Å². The lowest BCUT2D eigenvalue weighted by Crippen LogP contribution is -2.14. The molecule has 1 aromatic rings. The molecule has 5 heteroatoms. The second-order valence-corrected chi connectivity index (χ2v) is 4.55. The van der Waals surface area contributed by atoms with Crippen molar-refractivity contribution in [2.75, 3.05) is 18.9 Å². The van der Waals surface area contributed by atoms with E-state index in [0.717, 1.165) is 12.8 Å². The first-order valence-electron chi connectivity index (χ1n) is 6.63. The predicted molar refractivity (Wildman–Crippen MR) is 74.2 cm³/mol. The third-order valence-electron chi connectivity index (χ3n) is 2.65. The summed E-state index contributed by atoms with van der Waals surface area (Å²) in [7, 11) is 0. The molecule has 0 spiro atoms. The Kier molecular flexibility index (Phi) is 6.12. The van der Waals surface area contributed by atoms with E-state index in [2.05, 4.69) is 18.8 Å². The molecule has 0 aliphatic carbocycles. The van der Waals surface area contributed by atoms with Crippen molar-refractivity contribution in [1.82, 2.24) is 4.98 Å². The zero-order chi connectivity index (χ0) is 14.3. The predicted octanol–water partition coefficient (Wildman–Crippen LogP) is 2.66. The molecule has 1 heterocycles. The third-order valence-corrected chi connectivity index (χ3v) is 2.65. The van der Waals surface area contributed by atoms with Crippen molar-refractivity contribution in [2.45, 2.75) is 33.6 Å². The molecule has 1 aromatic heterocycles. The lowest BCUT2D eigenvalue weighted by molar-refractivity contribution is 0.0519. The van der Waals surface area contributed by atoms with Crippen LogP contribution in [0.2, 0.25) is 0 Å². The second-order valence-electron chi connectivity index (χ2n) is 4.55. The first-order chi connectivity index (χ1) is 9.08. The first kappa shape index (κ1) is 15.3. The number of nitrogens with zero attached hydrogens (tertiary/aromatic N) is 1. The number of ether oxygens (including phenoxy) is 2. The number of pyridine rings is 1. The van der Waals surface area contributed by atoms with E-state index in [-0.39, 0.29) is 11.4 Å². The molecule has 2 N–H and O–H groups in total. The number of hydrogen-bond donors (Lipinski definition) is 1. The number of anilines is 1. The van der Waals surface area contributed by atoms with Gasteiger partial charge in [-0.2, -0.15) is 0 Å². The maximum atomic E-state index is 11.8. The van der Waals surface area contributed by atoms with Gasteiger partial charge in [-0.3, -0.25) is 0 Å². The molecular formula is C14H22N2O3. The van der Waals surface area contributed by atoms with Crippen molar-refractivity contribution in [2.24, 2.45) is 5.92 Å². The monoisotopic (exact) mass is 266 g/mol. The summed E-state index contributed by atoms with van der Waals surface area (Å²) in [5, 5.41) is 0. The standard InChI is InChI=1S/C14H22N2O3/c1-4-6-10(3)9-19-13-12(14(17)18-5-2)7-11(15)8-16-13/h7-8,10H,4-6,9,15H2,1-3H3. The maximum absolute atomic E-state index is 11.8. The van der Waals surface area contributed by atoms with Crippen LogP contribution in [0.25, 0.3) is 0 Å². The normalized spacial score (nSPS) is 11.9. The van der Waals surface area contributed by atoms with Crippen LogP contribution in [-0.2, 0) is 4.74 Å². The summed E-state index contributed by atoms with van der Waals surface area (Å²) in [6, 6.07) is 1.53. The fourth-order valence-corrected chi connectivity index (χ4v) is 1.74. The maximum Gasteiger partial charge on any atom is 0.343 e. The van der Waals surface area contributed by atoms with E-state index in [1.807, 2.05) is 0 Å². The Morgan fingerprint density at radius 3 is 2.84 bits per heavy atom. The van der Waals surface area contributed by atoms with Gasteiger partial charge in [-0.15, -0.1) is 0 Å². The SMILES string of the molecule is CCCC(C)COc1ncc(N)cc1C(=O)OCC. The smallest absolute Gasteiger partial charge is 0.343 e. The first-order valence-corrected chi connectivity index (χ1v) is 6.63. The van der Waals surface area contributed by atoms with Crippen LogP contribution in [0.15, 0.2) is 12.3 Å². The molecule has 0 saturated heterocycles. The summed E-state index contributed by atoms with van der Waals surface area (Å²) < 4.78 is 10.6. The molecule has 0 radical (unpaired) electrons. The highest BCUT2D eigenvalue weighted by Crippen LogP contribution is 2.20. The molecule has 5 nitrogen and oxygen atoms in total. The van der Waals surface area contributed by atoms with Crippen LogP contribution in [0.3, 0.4) is 0 Å². The quantitative estimate of drug-likeness (QED) is 0.768. The molecule has 0 aliphatic heterocycles. The van der Waals surface area contributed by atoms with Gasteiger partial charge in [-0.05, 0) is 25.3 Å². The van der Waals surface area contributed by atoms with E-state index in [1.54, 1.807) is 6.92 Å². The molecule has 1 unspecified atom stereocenters. The van der Waals surface area contributed by atoms with Crippen LogP contribution in [0.4, 0.5) is 5.69 Å². The number of esters is 1. The van der Waals surface area contributed by atoms with Gasteiger partial charge in [0.25, 0.3) is 0 Å². The van der Waals surface area contributed by atoms with Gasteiger partial charge in [-0.1, -0.05) is 20.3 Å². The Labute approximate surface area is 114 Å². The van der Waals surface area contributed by atoms with Gasteiger partial charge < -0.3 is 15.2 Å². The summed E-state index contributed by atoms with van der Waals surface area (Å²) in [6.45, 7) is 6.81. The number of nitrogen functional groups attached to an aromatic ring is 1. The summed E-state index contributed by atoms with van der Waals surface area (Å²) in [5.74, 6) is 0.246. The average Bonchev–Trinajstić information content (AvgIpc) is 2.38. The molecule has 1 rings (SSSR count).